The molecule has 114 valence electrons. The van der Waals surface area contributed by atoms with Crippen LogP contribution in [0.5, 0.6) is 5.75 Å². The third-order valence-corrected chi connectivity index (χ3v) is 3.57. The molecule has 2 rings (SSSR count). The van der Waals surface area contributed by atoms with Crippen molar-refractivity contribution in [3.05, 3.63) is 46.8 Å². The van der Waals surface area contributed by atoms with Crippen molar-refractivity contribution in [3.8, 4) is 5.75 Å². The maximum Gasteiger partial charge on any atom is 0.130 e. The van der Waals surface area contributed by atoms with Crippen LogP contribution in [0.15, 0.2) is 24.3 Å². The fourth-order valence-electron chi connectivity index (χ4n) is 2.36. The van der Waals surface area contributed by atoms with Crippen LogP contribution in [0.25, 0.3) is 0 Å². The summed E-state index contributed by atoms with van der Waals surface area (Å²) in [5.41, 5.74) is 4.08. The maximum atomic E-state index is 9.87. The molecule has 1 unspecified atom stereocenters. The Bertz CT molecular complexity index is 603. The van der Waals surface area contributed by atoms with Crippen LogP contribution < -0.4 is 4.74 Å². The first kappa shape index (κ1) is 15.6. The number of hydrogen-bond donors (Lipinski definition) is 1. The molecule has 0 aliphatic rings. The van der Waals surface area contributed by atoms with Gasteiger partial charge >= 0.3 is 0 Å². The van der Waals surface area contributed by atoms with Gasteiger partial charge in [-0.25, -0.2) is 0 Å². The van der Waals surface area contributed by atoms with Crippen molar-refractivity contribution in [2.24, 2.45) is 0 Å². The van der Waals surface area contributed by atoms with E-state index < -0.39 is 6.10 Å². The van der Waals surface area contributed by atoms with Crippen molar-refractivity contribution in [1.82, 2.24) is 9.78 Å². The van der Waals surface area contributed by atoms with Gasteiger partial charge in [0.1, 0.15) is 12.4 Å². The fraction of sp³-hybridized carbons (Fsp3) is 0.471. The van der Waals surface area contributed by atoms with Gasteiger partial charge in [-0.1, -0.05) is 18.6 Å². The lowest BCUT2D eigenvalue weighted by molar-refractivity contribution is 0.189. The quantitative estimate of drug-likeness (QED) is 0.886. The van der Waals surface area contributed by atoms with Crippen LogP contribution in [-0.2, 0) is 19.6 Å². The van der Waals surface area contributed by atoms with E-state index in [2.05, 4.69) is 25.0 Å². The molecule has 1 aromatic heterocycles. The normalized spacial score (nSPS) is 12.4. The SMILES string of the molecule is CCc1cc(COc2ccc(C)cc2C(C)O)n(CC)n1. The minimum atomic E-state index is -0.540. The van der Waals surface area contributed by atoms with Crippen molar-refractivity contribution >= 4 is 0 Å². The smallest absolute Gasteiger partial charge is 0.130 e. The van der Waals surface area contributed by atoms with Crippen molar-refractivity contribution < 1.29 is 9.84 Å². The van der Waals surface area contributed by atoms with E-state index in [-0.39, 0.29) is 0 Å². The summed E-state index contributed by atoms with van der Waals surface area (Å²) in [6, 6.07) is 7.97. The molecule has 1 aromatic carbocycles. The second-order valence-electron chi connectivity index (χ2n) is 5.30. The molecule has 0 bridgehead atoms. The summed E-state index contributed by atoms with van der Waals surface area (Å²) in [6.45, 7) is 9.23. The van der Waals surface area contributed by atoms with Gasteiger partial charge in [0.2, 0.25) is 0 Å². The predicted molar refractivity (Wildman–Crippen MR) is 83.4 cm³/mol. The Morgan fingerprint density at radius 2 is 2.05 bits per heavy atom. The van der Waals surface area contributed by atoms with E-state index in [0.29, 0.717) is 6.61 Å². The van der Waals surface area contributed by atoms with Crippen LogP contribution in [0.1, 0.15) is 49.4 Å². The van der Waals surface area contributed by atoms with Crippen LogP contribution in [0.3, 0.4) is 0 Å². The summed E-state index contributed by atoms with van der Waals surface area (Å²) in [5, 5.41) is 14.4. The van der Waals surface area contributed by atoms with Crippen molar-refractivity contribution in [3.63, 3.8) is 0 Å². The van der Waals surface area contributed by atoms with Gasteiger partial charge in [0, 0.05) is 12.1 Å². The molecule has 1 atom stereocenters. The lowest BCUT2D eigenvalue weighted by atomic mass is 10.1. The molecule has 2 aromatic rings. The van der Waals surface area contributed by atoms with Crippen LogP contribution in [0.2, 0.25) is 0 Å². The predicted octanol–water partition coefficient (Wildman–Crippen LogP) is 3.41. The van der Waals surface area contributed by atoms with Gasteiger partial charge in [-0.15, -0.1) is 0 Å². The molecule has 0 saturated heterocycles. The Hall–Kier alpha value is -1.81. The summed E-state index contributed by atoms with van der Waals surface area (Å²) < 4.78 is 7.89. The maximum absolute atomic E-state index is 9.87. The highest BCUT2D eigenvalue weighted by Crippen LogP contribution is 2.27. The van der Waals surface area contributed by atoms with Gasteiger partial charge in [-0.3, -0.25) is 4.68 Å². The lowest BCUT2D eigenvalue weighted by Crippen LogP contribution is -2.07. The van der Waals surface area contributed by atoms with Crippen LogP contribution in [0.4, 0.5) is 0 Å². The highest BCUT2D eigenvalue weighted by molar-refractivity contribution is 5.38. The van der Waals surface area contributed by atoms with Crippen LogP contribution in [0, 0.1) is 6.92 Å². The summed E-state index contributed by atoms with van der Waals surface area (Å²) in [7, 11) is 0. The van der Waals surface area contributed by atoms with E-state index in [1.165, 1.54) is 0 Å². The minimum absolute atomic E-state index is 0.462. The summed E-state index contributed by atoms with van der Waals surface area (Å²) in [6.07, 6.45) is 0.380. The first-order chi connectivity index (χ1) is 10.0. The lowest BCUT2D eigenvalue weighted by Gasteiger charge is -2.14. The van der Waals surface area contributed by atoms with Crippen LogP contribution in [-0.4, -0.2) is 14.9 Å². The molecule has 4 nitrogen and oxygen atoms in total. The van der Waals surface area contributed by atoms with E-state index in [1.54, 1.807) is 6.92 Å². The number of aliphatic hydroxyl groups excluding tert-OH is 1. The molecule has 0 spiro atoms. The Labute approximate surface area is 126 Å². The molecule has 0 amide bonds. The standard InChI is InChI=1S/C17H24N2O2/c1-5-14-10-15(19(6-2)18-14)11-21-17-8-7-12(3)9-16(17)13(4)20/h7-10,13,20H,5-6,11H2,1-4H3. The summed E-state index contributed by atoms with van der Waals surface area (Å²) in [5.74, 6) is 0.734. The highest BCUT2D eigenvalue weighted by atomic mass is 16.5. The molecule has 4 heteroatoms. The molecule has 0 aliphatic carbocycles. The number of nitrogens with zero attached hydrogens (tertiary/aromatic N) is 2. The number of rotatable bonds is 6. The average Bonchev–Trinajstić information content (AvgIpc) is 2.88. The highest BCUT2D eigenvalue weighted by Gasteiger charge is 2.11. The van der Waals surface area contributed by atoms with E-state index >= 15 is 0 Å². The Morgan fingerprint density at radius 1 is 1.29 bits per heavy atom. The zero-order valence-corrected chi connectivity index (χ0v) is 13.3. The first-order valence-electron chi connectivity index (χ1n) is 7.52. The first-order valence-corrected chi connectivity index (χ1v) is 7.52. The second-order valence-corrected chi connectivity index (χ2v) is 5.30. The Balaban J connectivity index is 2.18. The van der Waals surface area contributed by atoms with E-state index in [9.17, 15) is 5.11 Å². The molecule has 1 heterocycles. The topological polar surface area (TPSA) is 47.3 Å². The van der Waals surface area contributed by atoms with Crippen molar-refractivity contribution in [2.75, 3.05) is 0 Å². The molecular weight excluding hydrogens is 264 g/mol. The molecule has 1 N–H and O–H groups in total. The number of aliphatic hydroxyl groups is 1. The van der Waals surface area contributed by atoms with Gasteiger partial charge in [0.25, 0.3) is 0 Å². The Kier molecular flexibility index (Phi) is 5.02. The van der Waals surface area contributed by atoms with E-state index in [0.717, 1.165) is 41.2 Å². The molecule has 0 fully saturated rings. The summed E-state index contributed by atoms with van der Waals surface area (Å²) in [4.78, 5) is 0. The Morgan fingerprint density at radius 3 is 2.67 bits per heavy atom. The average molecular weight is 288 g/mol. The molecule has 21 heavy (non-hydrogen) atoms. The third-order valence-electron chi connectivity index (χ3n) is 3.57. The van der Waals surface area contributed by atoms with Crippen LogP contribution >= 0.6 is 0 Å². The van der Waals surface area contributed by atoms with Gasteiger partial charge < -0.3 is 9.84 Å². The molecule has 0 saturated carbocycles. The number of aromatic nitrogens is 2. The number of benzene rings is 1. The van der Waals surface area contributed by atoms with E-state index in [1.807, 2.05) is 29.8 Å². The van der Waals surface area contributed by atoms with Gasteiger partial charge in [-0.2, -0.15) is 5.10 Å². The zero-order valence-electron chi connectivity index (χ0n) is 13.3. The second kappa shape index (κ2) is 6.76. The largest absolute Gasteiger partial charge is 0.487 e. The monoisotopic (exact) mass is 288 g/mol. The molecule has 0 radical (unpaired) electrons. The van der Waals surface area contributed by atoms with Gasteiger partial charge in [0.05, 0.1) is 17.5 Å². The summed E-state index contributed by atoms with van der Waals surface area (Å²) >= 11 is 0. The molecular formula is C17H24N2O2. The van der Waals surface area contributed by atoms with Crippen molar-refractivity contribution in [1.29, 1.82) is 0 Å². The fourth-order valence-corrected chi connectivity index (χ4v) is 2.36. The number of ether oxygens (including phenoxy) is 1. The van der Waals surface area contributed by atoms with E-state index in [4.69, 9.17) is 4.74 Å². The molecule has 0 aliphatic heterocycles. The van der Waals surface area contributed by atoms with Crippen molar-refractivity contribution in [2.45, 2.75) is 53.4 Å². The number of aryl methyl sites for hydroxylation is 3. The van der Waals surface area contributed by atoms with Gasteiger partial charge in [0.15, 0.2) is 0 Å². The third kappa shape index (κ3) is 3.64. The minimum Gasteiger partial charge on any atom is -0.487 e. The van der Waals surface area contributed by atoms with Gasteiger partial charge in [-0.05, 0) is 45.4 Å². The number of hydrogen-bond acceptors (Lipinski definition) is 3. The zero-order chi connectivity index (χ0) is 15.4.